The van der Waals surface area contributed by atoms with Crippen LogP contribution in [-0.4, -0.2) is 19.0 Å². The van der Waals surface area contributed by atoms with Gasteiger partial charge in [-0.25, -0.2) is 0 Å². The molecule has 3 nitrogen and oxygen atoms in total. The van der Waals surface area contributed by atoms with E-state index in [4.69, 9.17) is 0 Å². The predicted molar refractivity (Wildman–Crippen MR) is 74.8 cm³/mol. The summed E-state index contributed by atoms with van der Waals surface area (Å²) < 4.78 is 0. The van der Waals surface area contributed by atoms with Crippen LogP contribution in [0.4, 0.5) is 5.69 Å². The van der Waals surface area contributed by atoms with Crippen molar-refractivity contribution in [1.29, 1.82) is 0 Å². The summed E-state index contributed by atoms with van der Waals surface area (Å²) in [5.74, 6) is 0.155. The molecule has 1 heterocycles. The quantitative estimate of drug-likeness (QED) is 0.861. The second kappa shape index (κ2) is 5.11. The highest BCUT2D eigenvalue weighted by Crippen LogP contribution is 2.31. The zero-order valence-electron chi connectivity index (χ0n) is 11.5. The van der Waals surface area contributed by atoms with E-state index in [1.165, 1.54) is 5.56 Å². The third-order valence-corrected chi connectivity index (χ3v) is 4.03. The van der Waals surface area contributed by atoms with E-state index < -0.39 is 0 Å². The molecule has 2 N–H and O–H groups in total. The first-order valence-electron chi connectivity index (χ1n) is 6.67. The molecule has 18 heavy (non-hydrogen) atoms. The van der Waals surface area contributed by atoms with E-state index in [-0.39, 0.29) is 11.3 Å². The standard InChI is InChI=1S/C15H22N2O/c1-4-15(7-8-16-10-15)14(18)17-13-6-5-11(2)9-12(13)3/h5-6,9,16H,4,7-8,10H2,1-3H3,(H,17,18). The monoisotopic (exact) mass is 246 g/mol. The highest BCUT2D eigenvalue weighted by atomic mass is 16.2. The fraction of sp³-hybridized carbons (Fsp3) is 0.533. The summed E-state index contributed by atoms with van der Waals surface area (Å²) in [4.78, 5) is 12.5. The summed E-state index contributed by atoms with van der Waals surface area (Å²) in [6.45, 7) is 7.92. The molecule has 0 spiro atoms. The molecule has 1 aromatic rings. The number of hydrogen-bond donors (Lipinski definition) is 2. The van der Waals surface area contributed by atoms with E-state index in [1.807, 2.05) is 19.1 Å². The Morgan fingerprint density at radius 1 is 1.44 bits per heavy atom. The maximum atomic E-state index is 12.5. The average molecular weight is 246 g/mol. The predicted octanol–water partition coefficient (Wildman–Crippen LogP) is 2.63. The minimum absolute atomic E-state index is 0.155. The van der Waals surface area contributed by atoms with Gasteiger partial charge in [-0.1, -0.05) is 24.6 Å². The van der Waals surface area contributed by atoms with Crippen molar-refractivity contribution >= 4 is 11.6 Å². The molecule has 3 heteroatoms. The van der Waals surface area contributed by atoms with Gasteiger partial charge in [-0.15, -0.1) is 0 Å². The molecule has 0 bridgehead atoms. The Morgan fingerprint density at radius 3 is 2.78 bits per heavy atom. The fourth-order valence-electron chi connectivity index (χ4n) is 2.61. The van der Waals surface area contributed by atoms with Crippen molar-refractivity contribution in [2.75, 3.05) is 18.4 Å². The van der Waals surface area contributed by atoms with Gasteiger partial charge in [0.15, 0.2) is 0 Å². The molecule has 1 aliphatic rings. The van der Waals surface area contributed by atoms with Crippen LogP contribution in [-0.2, 0) is 4.79 Å². The Kier molecular flexibility index (Phi) is 3.71. The van der Waals surface area contributed by atoms with Crippen LogP contribution in [0, 0.1) is 19.3 Å². The molecule has 1 amide bonds. The number of benzene rings is 1. The minimum atomic E-state index is -0.225. The van der Waals surface area contributed by atoms with Crippen LogP contribution in [0.15, 0.2) is 18.2 Å². The lowest BCUT2D eigenvalue weighted by Gasteiger charge is -2.25. The van der Waals surface area contributed by atoms with E-state index in [0.29, 0.717) is 0 Å². The smallest absolute Gasteiger partial charge is 0.231 e. The van der Waals surface area contributed by atoms with Crippen LogP contribution in [0.25, 0.3) is 0 Å². The molecule has 0 radical (unpaired) electrons. The zero-order chi connectivity index (χ0) is 13.2. The molecule has 1 atom stereocenters. The molecule has 0 aliphatic carbocycles. The zero-order valence-corrected chi connectivity index (χ0v) is 11.5. The third-order valence-electron chi connectivity index (χ3n) is 4.03. The summed E-state index contributed by atoms with van der Waals surface area (Å²) in [6.07, 6.45) is 1.82. The van der Waals surface area contributed by atoms with Crippen LogP contribution in [0.2, 0.25) is 0 Å². The maximum absolute atomic E-state index is 12.5. The van der Waals surface area contributed by atoms with Crippen LogP contribution in [0.1, 0.15) is 30.9 Å². The van der Waals surface area contributed by atoms with Gasteiger partial charge in [0.1, 0.15) is 0 Å². The van der Waals surface area contributed by atoms with E-state index in [2.05, 4.69) is 30.5 Å². The number of hydrogen-bond acceptors (Lipinski definition) is 2. The Balaban J connectivity index is 2.15. The van der Waals surface area contributed by atoms with Crippen molar-refractivity contribution in [2.24, 2.45) is 5.41 Å². The number of aryl methyl sites for hydroxylation is 2. The molecular weight excluding hydrogens is 224 g/mol. The molecule has 1 unspecified atom stereocenters. The molecule has 0 saturated carbocycles. The SMILES string of the molecule is CCC1(C(=O)Nc2ccc(C)cc2C)CCNC1. The minimum Gasteiger partial charge on any atom is -0.325 e. The van der Waals surface area contributed by atoms with Crippen molar-refractivity contribution in [3.05, 3.63) is 29.3 Å². The summed E-state index contributed by atoms with van der Waals surface area (Å²) >= 11 is 0. The largest absolute Gasteiger partial charge is 0.325 e. The van der Waals surface area contributed by atoms with Crippen LogP contribution in [0.3, 0.4) is 0 Å². The van der Waals surface area contributed by atoms with Gasteiger partial charge in [-0.3, -0.25) is 4.79 Å². The Bertz CT molecular complexity index is 448. The molecule has 1 aromatic carbocycles. The van der Waals surface area contributed by atoms with E-state index in [1.54, 1.807) is 0 Å². The Labute approximate surface area is 109 Å². The lowest BCUT2D eigenvalue weighted by Crippen LogP contribution is -2.37. The topological polar surface area (TPSA) is 41.1 Å². The molecule has 1 fully saturated rings. The normalized spacial score (nSPS) is 23.1. The van der Waals surface area contributed by atoms with Gasteiger partial charge in [0.2, 0.25) is 5.91 Å². The first-order chi connectivity index (χ1) is 8.57. The van der Waals surface area contributed by atoms with Gasteiger partial charge in [-0.2, -0.15) is 0 Å². The third kappa shape index (κ3) is 2.41. The lowest BCUT2D eigenvalue weighted by atomic mass is 9.83. The van der Waals surface area contributed by atoms with Crippen molar-refractivity contribution in [3.63, 3.8) is 0 Å². The summed E-state index contributed by atoms with van der Waals surface area (Å²) in [5.41, 5.74) is 3.06. The van der Waals surface area contributed by atoms with E-state index in [9.17, 15) is 4.79 Å². The Hall–Kier alpha value is -1.35. The van der Waals surface area contributed by atoms with Crippen molar-refractivity contribution in [2.45, 2.75) is 33.6 Å². The van der Waals surface area contributed by atoms with Crippen LogP contribution in [0.5, 0.6) is 0 Å². The van der Waals surface area contributed by atoms with E-state index in [0.717, 1.165) is 37.2 Å². The van der Waals surface area contributed by atoms with Crippen LogP contribution >= 0.6 is 0 Å². The number of amides is 1. The second-order valence-corrected chi connectivity index (χ2v) is 5.33. The molecule has 2 rings (SSSR count). The lowest BCUT2D eigenvalue weighted by molar-refractivity contribution is -0.124. The summed E-state index contributed by atoms with van der Waals surface area (Å²) in [7, 11) is 0. The molecule has 1 saturated heterocycles. The van der Waals surface area contributed by atoms with Gasteiger partial charge < -0.3 is 10.6 Å². The first kappa shape index (κ1) is 13.1. The fourth-order valence-corrected chi connectivity index (χ4v) is 2.61. The van der Waals surface area contributed by atoms with E-state index >= 15 is 0 Å². The number of anilines is 1. The maximum Gasteiger partial charge on any atom is 0.231 e. The molecular formula is C15H22N2O. The Morgan fingerprint density at radius 2 is 2.22 bits per heavy atom. The first-order valence-corrected chi connectivity index (χ1v) is 6.67. The van der Waals surface area contributed by atoms with Gasteiger partial charge in [0.25, 0.3) is 0 Å². The second-order valence-electron chi connectivity index (χ2n) is 5.33. The number of rotatable bonds is 3. The van der Waals surface area contributed by atoms with Gasteiger partial charge >= 0.3 is 0 Å². The highest BCUT2D eigenvalue weighted by Gasteiger charge is 2.39. The van der Waals surface area contributed by atoms with Crippen molar-refractivity contribution in [1.82, 2.24) is 5.32 Å². The number of carbonyl (C=O) groups excluding carboxylic acids is 1. The van der Waals surface area contributed by atoms with Gasteiger partial charge in [-0.05, 0) is 44.9 Å². The molecule has 0 aromatic heterocycles. The summed E-state index contributed by atoms with van der Waals surface area (Å²) in [6, 6.07) is 6.13. The van der Waals surface area contributed by atoms with Gasteiger partial charge in [0, 0.05) is 12.2 Å². The van der Waals surface area contributed by atoms with Crippen LogP contribution < -0.4 is 10.6 Å². The van der Waals surface area contributed by atoms with Gasteiger partial charge in [0.05, 0.1) is 5.41 Å². The molecule has 98 valence electrons. The number of carbonyl (C=O) groups is 1. The summed E-state index contributed by atoms with van der Waals surface area (Å²) in [5, 5.41) is 6.39. The number of nitrogens with one attached hydrogen (secondary N) is 2. The highest BCUT2D eigenvalue weighted by molar-refractivity contribution is 5.96. The average Bonchev–Trinajstić information content (AvgIpc) is 2.82. The van der Waals surface area contributed by atoms with Crippen molar-refractivity contribution < 1.29 is 4.79 Å². The van der Waals surface area contributed by atoms with Crippen molar-refractivity contribution in [3.8, 4) is 0 Å². The molecule has 1 aliphatic heterocycles.